The Morgan fingerprint density at radius 2 is 2.06 bits per heavy atom. The molecule has 0 aliphatic heterocycles. The van der Waals surface area contributed by atoms with Gasteiger partial charge in [0.05, 0.1) is 6.61 Å². The maximum absolute atomic E-state index is 5.70. The van der Waals surface area contributed by atoms with Crippen molar-refractivity contribution in [2.24, 2.45) is 0 Å². The predicted octanol–water partition coefficient (Wildman–Crippen LogP) is 2.82. The maximum atomic E-state index is 5.70. The van der Waals surface area contributed by atoms with Crippen LogP contribution in [0.25, 0.3) is 6.08 Å². The molecular weight excluding hydrogens is 244 g/mol. The van der Waals surface area contributed by atoms with Gasteiger partial charge in [-0.25, -0.2) is 0 Å². The Bertz CT molecular complexity index is 367. The summed E-state index contributed by atoms with van der Waals surface area (Å²) < 4.78 is 16.4. The van der Waals surface area contributed by atoms with E-state index in [-0.39, 0.29) is 9.76 Å². The van der Waals surface area contributed by atoms with E-state index in [9.17, 15) is 0 Å². The van der Waals surface area contributed by atoms with Crippen molar-refractivity contribution in [3.63, 3.8) is 0 Å². The molecule has 0 aliphatic carbocycles. The van der Waals surface area contributed by atoms with Crippen molar-refractivity contribution in [3.05, 3.63) is 42.0 Å². The fraction of sp³-hybridized carbons (Fsp3) is 0.429. The zero-order chi connectivity index (χ0) is 13.4. The summed E-state index contributed by atoms with van der Waals surface area (Å²) in [5.41, 5.74) is 1.60. The lowest BCUT2D eigenvalue weighted by atomic mass is 10.1. The van der Waals surface area contributed by atoms with Gasteiger partial charge in [-0.1, -0.05) is 37.8 Å². The summed E-state index contributed by atoms with van der Waals surface area (Å²) in [6, 6.07) is 8.10. The van der Waals surface area contributed by atoms with Gasteiger partial charge in [-0.05, 0) is 23.6 Å². The predicted molar refractivity (Wildman–Crippen MR) is 74.1 cm³/mol. The minimum Gasteiger partial charge on any atom is -0.408 e. The van der Waals surface area contributed by atoms with Crippen LogP contribution in [0.5, 0.6) is 0 Å². The number of ether oxygens (including phenoxy) is 2. The van der Waals surface area contributed by atoms with Gasteiger partial charge in [0.2, 0.25) is 0 Å². The first-order chi connectivity index (χ1) is 8.69. The van der Waals surface area contributed by atoms with Gasteiger partial charge < -0.3 is 13.9 Å². The second kappa shape index (κ2) is 7.48. The number of benzene rings is 1. The number of hydrogen-bond donors (Lipinski definition) is 0. The molecule has 1 rings (SSSR count). The minimum absolute atomic E-state index is 0.146. The smallest absolute Gasteiger partial charge is 0.304 e. The molecule has 0 aliphatic rings. The summed E-state index contributed by atoms with van der Waals surface area (Å²) >= 11 is 0. The van der Waals surface area contributed by atoms with E-state index in [4.69, 9.17) is 13.9 Å². The normalized spacial score (nSPS) is 11.5. The van der Waals surface area contributed by atoms with Crippen LogP contribution in [0.15, 0.2) is 30.8 Å². The number of hydrogen-bond acceptors (Lipinski definition) is 3. The molecule has 0 fully saturated rings. The summed E-state index contributed by atoms with van der Waals surface area (Å²) in [6.07, 6.45) is 2.58. The average molecular weight is 264 g/mol. The van der Waals surface area contributed by atoms with Crippen molar-refractivity contribution < 1.29 is 13.9 Å². The summed E-state index contributed by atoms with van der Waals surface area (Å²) in [7, 11) is 3.43. The lowest BCUT2D eigenvalue weighted by Crippen LogP contribution is -2.41. The van der Waals surface area contributed by atoms with E-state index < -0.39 is 5.41 Å². The minimum atomic E-state index is -0.615. The van der Waals surface area contributed by atoms with Crippen molar-refractivity contribution in [2.45, 2.75) is 25.4 Å². The summed E-state index contributed by atoms with van der Waals surface area (Å²) in [6.45, 7) is 6.32. The molecule has 0 saturated heterocycles. The van der Waals surface area contributed by atoms with E-state index in [0.29, 0.717) is 6.61 Å². The van der Waals surface area contributed by atoms with Crippen LogP contribution in [0, 0.1) is 0 Å². The van der Waals surface area contributed by atoms with E-state index in [1.54, 1.807) is 14.2 Å². The fourth-order valence-electron chi connectivity index (χ4n) is 1.57. The molecule has 2 radical (unpaired) electrons. The van der Waals surface area contributed by atoms with Crippen molar-refractivity contribution in [1.29, 1.82) is 0 Å². The highest BCUT2D eigenvalue weighted by Gasteiger charge is 2.29. The van der Waals surface area contributed by atoms with Gasteiger partial charge in [0, 0.05) is 14.2 Å². The first-order valence-electron chi connectivity index (χ1n) is 5.90. The molecule has 3 nitrogen and oxygen atoms in total. The van der Waals surface area contributed by atoms with Gasteiger partial charge in [-0.2, -0.15) is 0 Å². The highest BCUT2D eigenvalue weighted by atomic mass is 28.2. The summed E-state index contributed by atoms with van der Waals surface area (Å²) in [4.78, 5) is 0. The van der Waals surface area contributed by atoms with Crippen molar-refractivity contribution >= 4 is 15.8 Å². The van der Waals surface area contributed by atoms with Crippen LogP contribution in [0.4, 0.5) is 0 Å². The first-order valence-corrected chi connectivity index (χ1v) is 6.81. The Balaban J connectivity index is 2.52. The van der Waals surface area contributed by atoms with Gasteiger partial charge in [-0.3, -0.25) is 0 Å². The highest BCUT2D eigenvalue weighted by molar-refractivity contribution is 6.30. The maximum Gasteiger partial charge on any atom is 0.304 e. The standard InChI is InChI=1S/C14H20O3Si/c1-5-12-8-7-9-13(10-12)11-17-18-14(6-2,15-3)16-4/h5,7-10H,1,6,11H2,2-4H3. The zero-order valence-electron chi connectivity index (χ0n) is 11.2. The van der Waals surface area contributed by atoms with Gasteiger partial charge >= 0.3 is 9.76 Å². The Labute approximate surface area is 112 Å². The lowest BCUT2D eigenvalue weighted by molar-refractivity contribution is -0.153. The molecule has 0 spiro atoms. The average Bonchev–Trinajstić information content (AvgIpc) is 2.44. The van der Waals surface area contributed by atoms with Crippen molar-refractivity contribution in [3.8, 4) is 0 Å². The molecule has 1 aromatic carbocycles. The Kier molecular flexibility index (Phi) is 6.28. The van der Waals surface area contributed by atoms with E-state index in [0.717, 1.165) is 17.5 Å². The third kappa shape index (κ3) is 4.06. The molecule has 0 atom stereocenters. The van der Waals surface area contributed by atoms with Crippen LogP contribution in [0.1, 0.15) is 24.5 Å². The second-order valence-electron chi connectivity index (χ2n) is 3.85. The third-order valence-corrected chi connectivity index (χ3v) is 4.14. The molecule has 1 aromatic rings. The molecule has 4 heteroatoms. The molecule has 0 N–H and O–H groups in total. The monoisotopic (exact) mass is 264 g/mol. The first kappa shape index (κ1) is 15.1. The van der Waals surface area contributed by atoms with Crippen LogP contribution in [0.2, 0.25) is 0 Å². The van der Waals surface area contributed by atoms with Crippen LogP contribution in [-0.4, -0.2) is 29.4 Å². The Morgan fingerprint density at radius 1 is 1.33 bits per heavy atom. The topological polar surface area (TPSA) is 27.7 Å². The van der Waals surface area contributed by atoms with Gasteiger partial charge in [0.1, 0.15) is 0 Å². The van der Waals surface area contributed by atoms with E-state index in [1.807, 2.05) is 31.2 Å². The SMILES string of the molecule is C=Cc1cccc(CO[Si]C(CC)(OC)OC)c1. The number of methoxy groups -OCH3 is 2. The van der Waals surface area contributed by atoms with Crippen molar-refractivity contribution in [1.82, 2.24) is 0 Å². The summed E-state index contributed by atoms with van der Waals surface area (Å²) in [5, 5.41) is 0. The molecule has 0 aromatic heterocycles. The molecule has 0 heterocycles. The molecule has 18 heavy (non-hydrogen) atoms. The van der Waals surface area contributed by atoms with Crippen LogP contribution >= 0.6 is 0 Å². The van der Waals surface area contributed by atoms with Crippen LogP contribution in [0.3, 0.4) is 0 Å². The van der Waals surface area contributed by atoms with Gasteiger partial charge in [0.15, 0.2) is 5.41 Å². The molecule has 98 valence electrons. The molecule has 0 bridgehead atoms. The lowest BCUT2D eigenvalue weighted by Gasteiger charge is -2.27. The van der Waals surface area contributed by atoms with Crippen LogP contribution < -0.4 is 0 Å². The van der Waals surface area contributed by atoms with Crippen molar-refractivity contribution in [2.75, 3.05) is 14.2 Å². The number of rotatable bonds is 8. The molecule has 0 saturated carbocycles. The Hall–Kier alpha value is -0.943. The second-order valence-corrected chi connectivity index (χ2v) is 5.11. The van der Waals surface area contributed by atoms with Crippen LogP contribution in [-0.2, 0) is 20.5 Å². The fourth-order valence-corrected chi connectivity index (χ4v) is 2.34. The third-order valence-electron chi connectivity index (χ3n) is 2.78. The quantitative estimate of drug-likeness (QED) is 0.534. The van der Waals surface area contributed by atoms with E-state index >= 15 is 0 Å². The van der Waals surface area contributed by atoms with Gasteiger partial charge in [0.25, 0.3) is 0 Å². The summed E-state index contributed by atoms with van der Waals surface area (Å²) in [5.74, 6) is 0. The van der Waals surface area contributed by atoms with E-state index in [1.165, 1.54) is 0 Å². The highest BCUT2D eigenvalue weighted by Crippen LogP contribution is 2.15. The van der Waals surface area contributed by atoms with Gasteiger partial charge in [-0.15, -0.1) is 0 Å². The molecule has 0 amide bonds. The largest absolute Gasteiger partial charge is 0.408 e. The molecular formula is C14H20O3Si. The van der Waals surface area contributed by atoms with E-state index in [2.05, 4.69) is 12.6 Å². The molecule has 0 unspecified atom stereocenters. The Morgan fingerprint density at radius 3 is 2.61 bits per heavy atom. The zero-order valence-corrected chi connectivity index (χ0v) is 12.2.